The number of benzene rings is 2. The van der Waals surface area contributed by atoms with Gasteiger partial charge in [-0.05, 0) is 61.1 Å². The standard InChI is InChI=1S/C24H28F2N6O5S.C23H28F2N6O4S.CH3.2HI.V/c1-3-6-38-24-28-22(27-15-8-12(15)11-4-5-13(25)14(26)7-11)19-23(29-24)32(31-30-19)16-9-17(21(35)20(16)34)37-10-18(33)36-2;1-2-7-36-23-27-21(26-15-9-12(15)11-3-4-13(24)14(25)8-11)18-22(28-23)31(30-29-18)16-10-17(35-6-5-32)20(34)19(16)33;;;;/h4-5,7,12,15-17,20-21,34-35H,3,6,8-10H2,1-2H3,(H,27,28,29);3-4,8,12,15-17,19-20,32-34H,2,5-7,9-10H2,1H3,(H,26,27,28);1H3;2*1H;/q;;-1;;;+2/p-2/t12-,15?,16?,17-,20-,21+;12-,15?,16?,17-,19-,20+;;;;/m00..../s1. The number of aromatic nitrogens is 10. The number of carbonyl (C=O) groups is 1. The molecule has 4 aliphatic carbocycles. The van der Waals surface area contributed by atoms with E-state index in [1.807, 2.05) is 6.92 Å². The molecule has 4 heterocycles. The average molecular weight is 1390 g/mol. The molecule has 10 rings (SSSR count). The van der Waals surface area contributed by atoms with Crippen molar-refractivity contribution in [2.24, 2.45) is 0 Å². The second-order valence-corrected chi connectivity index (χ2v) is 32.5. The first-order valence-electron chi connectivity index (χ1n) is 24.6. The van der Waals surface area contributed by atoms with Crippen LogP contribution in [0.2, 0.25) is 0 Å². The van der Waals surface area contributed by atoms with Crippen LogP contribution in [0.25, 0.3) is 22.3 Å². The molecule has 0 amide bonds. The summed E-state index contributed by atoms with van der Waals surface area (Å²) >= 11 is 7.67. The first-order valence-corrected chi connectivity index (χ1v) is 35.6. The average Bonchev–Trinajstić information content (AvgIpc) is 4.21. The summed E-state index contributed by atoms with van der Waals surface area (Å²) in [5, 5.41) is 76.1. The van der Waals surface area contributed by atoms with Crippen LogP contribution in [0.15, 0.2) is 46.7 Å². The second-order valence-electron chi connectivity index (χ2n) is 18.5. The van der Waals surface area contributed by atoms with E-state index in [2.05, 4.69) is 103 Å². The van der Waals surface area contributed by atoms with Crippen molar-refractivity contribution >= 4 is 103 Å². The number of carbonyl (C=O) groups excluding carboxylic acids is 1. The molecule has 0 saturated heterocycles. The zero-order chi connectivity index (χ0) is 55.1. The number of fused-ring (bicyclic) bond motifs is 2. The number of anilines is 2. The number of nitrogens with zero attached hydrogens (tertiary/aromatic N) is 10. The van der Waals surface area contributed by atoms with Crippen molar-refractivity contribution in [2.45, 2.75) is 135 Å². The number of rotatable bonds is 20. The van der Waals surface area contributed by atoms with E-state index in [1.54, 1.807) is 12.1 Å². The normalized spacial score (nSPS) is 25.9. The molecule has 0 bridgehead atoms. The van der Waals surface area contributed by atoms with Crippen molar-refractivity contribution < 1.29 is 71.6 Å². The summed E-state index contributed by atoms with van der Waals surface area (Å²) in [6.45, 7) is 3.59. The fraction of sp³-hybridized carbons (Fsp3) is 0.542. The van der Waals surface area contributed by atoms with Crippen LogP contribution in [0.3, 0.4) is 0 Å². The number of methoxy groups -OCH3 is 1. The first-order chi connectivity index (χ1) is 37.1. The van der Waals surface area contributed by atoms with Crippen LogP contribution in [0, 0.1) is 30.7 Å². The Kier molecular flexibility index (Phi) is 22.8. The SMILES string of the molecule is CCCSc1nc(NC2C[C@H]2c2ccc(F)c(F)c2)c2nnn(C3C[C@H](OCC(=O)OC)[C@@H](O)[C@H]3O)c2n1.CCCSc1nc(NC2C[C@H]2c2ccc(F)c(F)c2)c2nnn(C3C[C@H](OCCO)[C@@H](O)[C@H]3O)c2n1.[CH3-].[I][V][I]. The zero-order valence-corrected chi connectivity index (χ0v) is 49.9. The van der Waals surface area contributed by atoms with Crippen molar-refractivity contribution in [3.63, 3.8) is 0 Å². The van der Waals surface area contributed by atoms with E-state index < -0.39 is 77.9 Å². The molecule has 6 aromatic rings. The predicted octanol–water partition coefficient (Wildman–Crippen LogP) is 6.43. The molecule has 30 heteroatoms. The first kappa shape index (κ1) is 62.3. The van der Waals surface area contributed by atoms with Crippen molar-refractivity contribution in [1.29, 1.82) is 0 Å². The van der Waals surface area contributed by atoms with Crippen molar-refractivity contribution in [2.75, 3.05) is 49.1 Å². The molecule has 0 radical (unpaired) electrons. The number of nitrogens with one attached hydrogen (secondary N) is 2. The van der Waals surface area contributed by atoms with Gasteiger partial charge in [0.2, 0.25) is 0 Å². The quantitative estimate of drug-likeness (QED) is 0.0108. The Morgan fingerprint density at radius 3 is 1.53 bits per heavy atom. The molecule has 425 valence electrons. The summed E-state index contributed by atoms with van der Waals surface area (Å²) < 4.78 is 72.6. The Bertz CT molecular complexity index is 2990. The van der Waals surface area contributed by atoms with Crippen LogP contribution in [-0.2, 0) is 28.5 Å². The fourth-order valence-corrected chi connectivity index (χ4v) is 10.6. The Morgan fingerprint density at radius 1 is 0.692 bits per heavy atom. The minimum atomic E-state index is -1.25. The number of esters is 1. The van der Waals surface area contributed by atoms with E-state index in [9.17, 15) is 42.8 Å². The number of ether oxygens (including phenoxy) is 3. The monoisotopic (exact) mass is 1390 g/mol. The van der Waals surface area contributed by atoms with Crippen molar-refractivity contribution in [3.8, 4) is 0 Å². The van der Waals surface area contributed by atoms with Gasteiger partial charge in [0.25, 0.3) is 0 Å². The molecule has 2 aromatic carbocycles. The minimum absolute atomic E-state index is 0. The van der Waals surface area contributed by atoms with Gasteiger partial charge in [-0.3, -0.25) is 0 Å². The van der Waals surface area contributed by atoms with Crippen LogP contribution < -0.4 is 10.6 Å². The Morgan fingerprint density at radius 2 is 1.13 bits per heavy atom. The van der Waals surface area contributed by atoms with Gasteiger partial charge in [-0.2, -0.15) is 0 Å². The van der Waals surface area contributed by atoms with Crippen LogP contribution in [0.5, 0.6) is 0 Å². The van der Waals surface area contributed by atoms with Gasteiger partial charge in [0.15, 0.2) is 67.5 Å². The van der Waals surface area contributed by atoms with Crippen LogP contribution >= 0.6 is 63.5 Å². The van der Waals surface area contributed by atoms with E-state index in [0.29, 0.717) is 71.3 Å². The van der Waals surface area contributed by atoms with Gasteiger partial charge >= 0.3 is 55.4 Å². The second kappa shape index (κ2) is 28.6. The molecule has 0 spiro atoms. The van der Waals surface area contributed by atoms with Gasteiger partial charge in [0.05, 0.1) is 44.6 Å². The van der Waals surface area contributed by atoms with E-state index in [4.69, 9.17) is 14.6 Å². The van der Waals surface area contributed by atoms with Crippen LogP contribution in [0.1, 0.15) is 87.4 Å². The zero-order valence-electron chi connectivity index (χ0n) is 42.5. The number of halogens is 6. The predicted molar refractivity (Wildman–Crippen MR) is 295 cm³/mol. The summed E-state index contributed by atoms with van der Waals surface area (Å²) in [6, 6.07) is 6.40. The van der Waals surface area contributed by atoms with Crippen molar-refractivity contribution in [1.82, 2.24) is 49.9 Å². The van der Waals surface area contributed by atoms with Gasteiger partial charge < -0.3 is 57.8 Å². The number of thioether (sulfide) groups is 2. The summed E-state index contributed by atoms with van der Waals surface area (Å²) in [5.41, 5.74) is 2.97. The third-order valence-corrected chi connectivity index (χ3v) is 15.4. The number of hydrogen-bond acceptors (Lipinski definition) is 21. The molecule has 12 atom stereocenters. The molecule has 4 aromatic heterocycles. The molecule has 4 aliphatic rings. The number of hydrogen-bond donors (Lipinski definition) is 7. The maximum atomic E-state index is 13.7. The molecular weight excluding hydrogens is 1330 g/mol. The third kappa shape index (κ3) is 14.6. The Hall–Kier alpha value is -3.35. The molecule has 4 saturated carbocycles. The molecule has 4 fully saturated rings. The number of aliphatic hydroxyl groups is 5. The molecule has 7 N–H and O–H groups in total. The van der Waals surface area contributed by atoms with E-state index in [-0.39, 0.29) is 64.0 Å². The maximum absolute atomic E-state index is 13.7. The van der Waals surface area contributed by atoms with Gasteiger partial charge in [0, 0.05) is 48.3 Å². The van der Waals surface area contributed by atoms with Crippen molar-refractivity contribution in [3.05, 3.63) is 78.2 Å². The Labute approximate surface area is 483 Å². The molecule has 4 unspecified atom stereocenters. The fourth-order valence-electron chi connectivity index (χ4n) is 9.26. The van der Waals surface area contributed by atoms with Crippen LogP contribution in [-0.4, -0.2) is 169 Å². The summed E-state index contributed by atoms with van der Waals surface area (Å²) in [5.74, 6) is -1.63. The number of aliphatic hydroxyl groups excluding tert-OH is 5. The Balaban J connectivity index is 0.000000213. The van der Waals surface area contributed by atoms with Crippen LogP contribution in [0.4, 0.5) is 29.2 Å². The van der Waals surface area contributed by atoms with Gasteiger partial charge in [0.1, 0.15) is 31.0 Å². The van der Waals surface area contributed by atoms with Gasteiger partial charge in [-0.15, -0.1) is 10.2 Å². The molecule has 78 heavy (non-hydrogen) atoms. The molecular formula is C48H59F4I2N12O9S2V-. The van der Waals surface area contributed by atoms with E-state index in [0.717, 1.165) is 42.9 Å². The summed E-state index contributed by atoms with van der Waals surface area (Å²) in [6.07, 6.45) is -2.57. The van der Waals surface area contributed by atoms with Gasteiger partial charge in [-0.25, -0.2) is 51.7 Å². The topological polar surface area (TPSA) is 283 Å². The molecule has 21 nitrogen and oxygen atoms in total. The summed E-state index contributed by atoms with van der Waals surface area (Å²) in [7, 11) is 1.86. The van der Waals surface area contributed by atoms with Gasteiger partial charge in [-0.1, -0.05) is 59.9 Å². The summed E-state index contributed by atoms with van der Waals surface area (Å²) in [4.78, 5) is 30.0. The molecule has 0 aliphatic heterocycles. The third-order valence-electron chi connectivity index (χ3n) is 13.3. The van der Waals surface area contributed by atoms with E-state index in [1.165, 1.54) is 52.1 Å². The van der Waals surface area contributed by atoms with E-state index >= 15 is 0 Å².